The second kappa shape index (κ2) is 5.61. The standard InChI is InChI=1S/C17H10ClN3OS/c18-13-8-6-12(7-9-13)15-19-17-21(20-15)16(22)14(23-17)10-11-4-2-1-3-5-11/h1-10H. The van der Waals surface area contributed by atoms with Gasteiger partial charge in [-0.2, -0.15) is 9.50 Å². The van der Waals surface area contributed by atoms with Crippen molar-refractivity contribution in [2.24, 2.45) is 0 Å². The first-order chi connectivity index (χ1) is 11.2. The molecule has 2 aromatic heterocycles. The molecule has 23 heavy (non-hydrogen) atoms. The molecule has 0 radical (unpaired) electrons. The summed E-state index contributed by atoms with van der Waals surface area (Å²) in [6.45, 7) is 0. The third-order valence-electron chi connectivity index (χ3n) is 3.38. The molecule has 4 aromatic rings. The van der Waals surface area contributed by atoms with Gasteiger partial charge in [-0.1, -0.05) is 53.3 Å². The quantitative estimate of drug-likeness (QED) is 0.564. The monoisotopic (exact) mass is 339 g/mol. The highest BCUT2D eigenvalue weighted by Gasteiger charge is 2.11. The van der Waals surface area contributed by atoms with E-state index >= 15 is 0 Å². The van der Waals surface area contributed by atoms with Crippen molar-refractivity contribution in [3.8, 4) is 11.4 Å². The number of hydrogen-bond donors (Lipinski definition) is 0. The Morgan fingerprint density at radius 3 is 2.48 bits per heavy atom. The molecule has 0 saturated carbocycles. The molecule has 6 heteroatoms. The lowest BCUT2D eigenvalue weighted by molar-refractivity contribution is 0.937. The second-order valence-corrected chi connectivity index (χ2v) is 6.41. The van der Waals surface area contributed by atoms with Crippen LogP contribution in [0.15, 0.2) is 59.4 Å². The molecule has 0 amide bonds. The average molecular weight is 340 g/mol. The molecule has 0 atom stereocenters. The van der Waals surface area contributed by atoms with E-state index in [1.165, 1.54) is 15.9 Å². The summed E-state index contributed by atoms with van der Waals surface area (Å²) in [5, 5.41) is 4.97. The normalized spacial score (nSPS) is 12.1. The van der Waals surface area contributed by atoms with Gasteiger partial charge >= 0.3 is 0 Å². The Labute approximate surface area is 140 Å². The van der Waals surface area contributed by atoms with Crippen molar-refractivity contribution < 1.29 is 0 Å². The van der Waals surface area contributed by atoms with Crippen LogP contribution in [0.1, 0.15) is 5.56 Å². The van der Waals surface area contributed by atoms with Crippen molar-refractivity contribution in [3.63, 3.8) is 0 Å². The van der Waals surface area contributed by atoms with E-state index in [4.69, 9.17) is 11.6 Å². The minimum atomic E-state index is -0.151. The minimum absolute atomic E-state index is 0.151. The predicted molar refractivity (Wildman–Crippen MR) is 92.8 cm³/mol. The van der Waals surface area contributed by atoms with Crippen molar-refractivity contribution in [3.05, 3.63) is 80.1 Å². The maximum Gasteiger partial charge on any atom is 0.291 e. The molecule has 4 rings (SSSR count). The second-order valence-electron chi connectivity index (χ2n) is 4.96. The third-order valence-corrected chi connectivity index (χ3v) is 4.59. The number of rotatable bonds is 2. The molecular weight excluding hydrogens is 330 g/mol. The van der Waals surface area contributed by atoms with Crippen LogP contribution in [0.25, 0.3) is 22.4 Å². The SMILES string of the molecule is O=c1c(=Cc2ccccc2)sc2nc(-c3ccc(Cl)cc3)nn12. The van der Waals surface area contributed by atoms with E-state index in [0.29, 0.717) is 20.3 Å². The molecule has 0 bridgehead atoms. The lowest BCUT2D eigenvalue weighted by atomic mass is 10.2. The van der Waals surface area contributed by atoms with Crippen molar-refractivity contribution in [1.82, 2.24) is 14.6 Å². The van der Waals surface area contributed by atoms with Gasteiger partial charge in [-0.3, -0.25) is 4.79 Å². The maximum atomic E-state index is 12.5. The fourth-order valence-corrected chi connectivity index (χ4v) is 3.29. The number of halogens is 1. The fraction of sp³-hybridized carbons (Fsp3) is 0. The minimum Gasteiger partial charge on any atom is -0.266 e. The van der Waals surface area contributed by atoms with Gasteiger partial charge < -0.3 is 0 Å². The van der Waals surface area contributed by atoms with E-state index in [0.717, 1.165) is 11.1 Å². The molecule has 4 nitrogen and oxygen atoms in total. The Balaban J connectivity index is 1.82. The van der Waals surface area contributed by atoms with Gasteiger partial charge in [0.25, 0.3) is 5.56 Å². The third kappa shape index (κ3) is 2.65. The van der Waals surface area contributed by atoms with E-state index in [9.17, 15) is 4.79 Å². The predicted octanol–water partition coefficient (Wildman–Crippen LogP) is 3.02. The summed E-state index contributed by atoms with van der Waals surface area (Å²) < 4.78 is 1.97. The van der Waals surface area contributed by atoms with Gasteiger partial charge in [0.1, 0.15) is 0 Å². The number of fused-ring (bicyclic) bond motifs is 1. The van der Waals surface area contributed by atoms with Gasteiger partial charge in [0.05, 0.1) is 4.53 Å². The number of benzene rings is 2. The molecule has 0 aliphatic rings. The zero-order valence-corrected chi connectivity index (χ0v) is 13.4. The summed E-state index contributed by atoms with van der Waals surface area (Å²) in [6.07, 6.45) is 1.85. The molecule has 2 aromatic carbocycles. The highest BCUT2D eigenvalue weighted by atomic mass is 35.5. The molecule has 2 heterocycles. The summed E-state index contributed by atoms with van der Waals surface area (Å²) in [5.41, 5.74) is 1.66. The largest absolute Gasteiger partial charge is 0.291 e. The first-order valence-electron chi connectivity index (χ1n) is 6.93. The molecule has 0 aliphatic heterocycles. The van der Waals surface area contributed by atoms with Gasteiger partial charge in [-0.15, -0.1) is 5.10 Å². The number of thiazole rings is 1. The molecule has 0 N–H and O–H groups in total. The topological polar surface area (TPSA) is 47.3 Å². The van der Waals surface area contributed by atoms with Crippen LogP contribution in [0.5, 0.6) is 0 Å². The summed E-state index contributed by atoms with van der Waals surface area (Å²) in [6, 6.07) is 16.9. The van der Waals surface area contributed by atoms with Crippen molar-refractivity contribution in [2.75, 3.05) is 0 Å². The van der Waals surface area contributed by atoms with Crippen molar-refractivity contribution in [1.29, 1.82) is 0 Å². The molecule has 112 valence electrons. The zero-order chi connectivity index (χ0) is 15.8. The number of hydrogen-bond acceptors (Lipinski definition) is 4. The molecule has 0 spiro atoms. The first kappa shape index (κ1) is 14.1. The van der Waals surface area contributed by atoms with Gasteiger partial charge in [-0.25, -0.2) is 0 Å². The Morgan fingerprint density at radius 2 is 1.78 bits per heavy atom. The molecule has 0 fully saturated rings. The van der Waals surface area contributed by atoms with Gasteiger partial charge in [0, 0.05) is 10.6 Å². The van der Waals surface area contributed by atoms with Crippen LogP contribution >= 0.6 is 22.9 Å². The number of nitrogens with zero attached hydrogens (tertiary/aromatic N) is 3. The smallest absolute Gasteiger partial charge is 0.266 e. The van der Waals surface area contributed by atoms with Crippen LogP contribution < -0.4 is 10.1 Å². The average Bonchev–Trinajstić information content (AvgIpc) is 3.10. The van der Waals surface area contributed by atoms with Crippen LogP contribution in [0.4, 0.5) is 0 Å². The fourth-order valence-electron chi connectivity index (χ4n) is 2.26. The Bertz CT molecular complexity index is 1080. The van der Waals surface area contributed by atoms with Gasteiger partial charge in [-0.05, 0) is 35.9 Å². The lowest BCUT2D eigenvalue weighted by Gasteiger charge is -1.93. The zero-order valence-electron chi connectivity index (χ0n) is 11.8. The first-order valence-corrected chi connectivity index (χ1v) is 8.12. The van der Waals surface area contributed by atoms with Crippen LogP contribution in [0.3, 0.4) is 0 Å². The van der Waals surface area contributed by atoms with E-state index in [1.54, 1.807) is 12.1 Å². The summed E-state index contributed by atoms with van der Waals surface area (Å²) in [5.74, 6) is 0.524. The van der Waals surface area contributed by atoms with Crippen LogP contribution in [-0.4, -0.2) is 14.6 Å². The van der Waals surface area contributed by atoms with Gasteiger partial charge in [0.15, 0.2) is 5.82 Å². The Morgan fingerprint density at radius 1 is 1.04 bits per heavy atom. The van der Waals surface area contributed by atoms with E-state index in [1.807, 2.05) is 48.5 Å². The van der Waals surface area contributed by atoms with E-state index in [-0.39, 0.29) is 5.56 Å². The molecule has 0 unspecified atom stereocenters. The Kier molecular flexibility index (Phi) is 3.44. The maximum absolute atomic E-state index is 12.5. The summed E-state index contributed by atoms with van der Waals surface area (Å²) in [7, 11) is 0. The lowest BCUT2D eigenvalue weighted by Crippen LogP contribution is -2.23. The van der Waals surface area contributed by atoms with E-state index in [2.05, 4.69) is 10.1 Å². The highest BCUT2D eigenvalue weighted by molar-refractivity contribution is 7.15. The molecular formula is C17H10ClN3OS. The summed E-state index contributed by atoms with van der Waals surface area (Å²) >= 11 is 7.21. The van der Waals surface area contributed by atoms with Gasteiger partial charge in [0.2, 0.25) is 4.96 Å². The van der Waals surface area contributed by atoms with E-state index < -0.39 is 0 Å². The molecule has 0 aliphatic carbocycles. The Hall–Kier alpha value is -2.50. The van der Waals surface area contributed by atoms with Crippen molar-refractivity contribution in [2.45, 2.75) is 0 Å². The molecule has 0 saturated heterocycles. The van der Waals surface area contributed by atoms with Crippen molar-refractivity contribution >= 4 is 34.0 Å². The van der Waals surface area contributed by atoms with Crippen LogP contribution in [0, 0.1) is 0 Å². The van der Waals surface area contributed by atoms with Crippen LogP contribution in [-0.2, 0) is 0 Å². The highest BCUT2D eigenvalue weighted by Crippen LogP contribution is 2.19. The van der Waals surface area contributed by atoms with Crippen LogP contribution in [0.2, 0.25) is 5.02 Å². The summed E-state index contributed by atoms with van der Waals surface area (Å²) in [4.78, 5) is 17.5. The number of aromatic nitrogens is 3.